The summed E-state index contributed by atoms with van der Waals surface area (Å²) >= 11 is 1.12. The number of aryl methyl sites for hydroxylation is 1. The zero-order valence-electron chi connectivity index (χ0n) is 16.6. The van der Waals surface area contributed by atoms with Crippen LogP contribution in [0, 0.1) is 11.3 Å². The topological polar surface area (TPSA) is 116 Å². The fraction of sp³-hybridized carbons (Fsp3) is 0.286. The lowest BCUT2D eigenvalue weighted by molar-refractivity contribution is -0.672. The van der Waals surface area contributed by atoms with E-state index in [0.29, 0.717) is 22.0 Å². The minimum Gasteiger partial charge on any atom is -0.539 e. The van der Waals surface area contributed by atoms with Crippen LogP contribution in [-0.4, -0.2) is 28.9 Å². The second-order valence-electron chi connectivity index (χ2n) is 6.40. The first-order valence-electron chi connectivity index (χ1n) is 9.36. The molecule has 0 amide bonds. The van der Waals surface area contributed by atoms with E-state index in [1.54, 1.807) is 37.4 Å². The second-order valence-corrected chi connectivity index (χ2v) is 7.37. The van der Waals surface area contributed by atoms with Gasteiger partial charge in [0.2, 0.25) is 11.5 Å². The number of rotatable bonds is 9. The lowest BCUT2D eigenvalue weighted by Gasteiger charge is -2.05. The number of nitriles is 1. The standard InChI is InChI=1S/C21H20N4O4S/c1-3-4-5-15-7-6-14(12-22)20(23-15)30-13-18(26)19-21(27)29-24-25(19)16-8-10-17(28-2)11-9-16/h6-11H,3-5,13H2,1-2H3. The zero-order valence-corrected chi connectivity index (χ0v) is 17.4. The van der Waals surface area contributed by atoms with Crippen molar-refractivity contribution in [2.75, 3.05) is 12.9 Å². The monoisotopic (exact) mass is 424 g/mol. The normalized spacial score (nSPS) is 10.6. The van der Waals surface area contributed by atoms with E-state index in [-0.39, 0.29) is 11.4 Å². The summed E-state index contributed by atoms with van der Waals surface area (Å²) in [7, 11) is 1.54. The first kappa shape index (κ1) is 21.3. The zero-order chi connectivity index (χ0) is 21.5. The van der Waals surface area contributed by atoms with Gasteiger partial charge < -0.3 is 14.4 Å². The minimum absolute atomic E-state index is 0.0779. The highest BCUT2D eigenvalue weighted by Gasteiger charge is 2.28. The second kappa shape index (κ2) is 9.89. The van der Waals surface area contributed by atoms with Crippen LogP contribution in [0.2, 0.25) is 0 Å². The Morgan fingerprint density at radius 1 is 1.30 bits per heavy atom. The van der Waals surface area contributed by atoms with E-state index in [0.717, 1.165) is 36.7 Å². The van der Waals surface area contributed by atoms with E-state index in [9.17, 15) is 15.2 Å². The first-order valence-corrected chi connectivity index (χ1v) is 10.4. The maximum Gasteiger partial charge on any atom is 0.307 e. The van der Waals surface area contributed by atoms with Gasteiger partial charge in [-0.15, -0.1) is 0 Å². The fourth-order valence-electron chi connectivity index (χ4n) is 2.75. The number of hydrogen-bond donors (Lipinski definition) is 0. The summed E-state index contributed by atoms with van der Waals surface area (Å²) in [4.78, 5) is 17.3. The molecule has 0 fully saturated rings. The summed E-state index contributed by atoms with van der Waals surface area (Å²) in [5, 5.41) is 25.6. The van der Waals surface area contributed by atoms with E-state index >= 15 is 0 Å². The molecule has 8 nitrogen and oxygen atoms in total. The van der Waals surface area contributed by atoms with Crippen LogP contribution in [0.25, 0.3) is 5.69 Å². The summed E-state index contributed by atoms with van der Waals surface area (Å²) in [6.07, 6.45) is 2.83. The number of carbonyl (C=O) groups is 1. The molecule has 0 aliphatic rings. The van der Waals surface area contributed by atoms with Crippen molar-refractivity contribution in [3.63, 3.8) is 0 Å². The number of hydrogen-bond acceptors (Lipinski definition) is 8. The molecule has 0 spiro atoms. The summed E-state index contributed by atoms with van der Waals surface area (Å²) < 4.78 is 11.0. The molecule has 0 aliphatic heterocycles. The van der Waals surface area contributed by atoms with Crippen molar-refractivity contribution in [3.8, 4) is 23.5 Å². The van der Waals surface area contributed by atoms with Crippen molar-refractivity contribution in [2.24, 2.45) is 0 Å². The van der Waals surface area contributed by atoms with Crippen LogP contribution in [0.1, 0.15) is 41.5 Å². The van der Waals surface area contributed by atoms with Crippen LogP contribution in [0.5, 0.6) is 11.7 Å². The number of unbranched alkanes of at least 4 members (excludes halogenated alkanes) is 1. The van der Waals surface area contributed by atoms with Crippen LogP contribution in [0.3, 0.4) is 0 Å². The van der Waals surface area contributed by atoms with Crippen LogP contribution in [-0.2, 0) is 6.42 Å². The van der Waals surface area contributed by atoms with E-state index in [2.05, 4.69) is 23.2 Å². The van der Waals surface area contributed by atoms with Gasteiger partial charge in [0.1, 0.15) is 16.8 Å². The summed E-state index contributed by atoms with van der Waals surface area (Å²) in [6, 6.07) is 12.3. The van der Waals surface area contributed by atoms with Gasteiger partial charge in [-0.3, -0.25) is 4.79 Å². The van der Waals surface area contributed by atoms with Crippen LogP contribution in [0.15, 0.2) is 45.9 Å². The van der Waals surface area contributed by atoms with Gasteiger partial charge in [0, 0.05) is 17.8 Å². The van der Waals surface area contributed by atoms with E-state index in [1.807, 2.05) is 6.07 Å². The Balaban J connectivity index is 1.80. The molecular formula is C21H20N4O4S. The van der Waals surface area contributed by atoms with Gasteiger partial charge in [-0.25, -0.2) is 4.98 Å². The molecular weight excluding hydrogens is 404 g/mol. The van der Waals surface area contributed by atoms with Crippen molar-refractivity contribution < 1.29 is 23.8 Å². The molecule has 30 heavy (non-hydrogen) atoms. The molecule has 2 aromatic heterocycles. The average Bonchev–Trinajstić information content (AvgIpc) is 3.17. The molecule has 154 valence electrons. The van der Waals surface area contributed by atoms with Crippen molar-refractivity contribution in [2.45, 2.75) is 31.2 Å². The lowest BCUT2D eigenvalue weighted by Crippen LogP contribution is -2.39. The molecule has 0 unspecified atom stereocenters. The van der Waals surface area contributed by atoms with E-state index in [4.69, 9.17) is 9.26 Å². The largest absolute Gasteiger partial charge is 0.539 e. The number of aromatic nitrogens is 3. The number of Topliss-reactive ketones (excluding diaryl/α,β-unsaturated/α-hetero) is 1. The van der Waals surface area contributed by atoms with Crippen molar-refractivity contribution in [1.82, 2.24) is 10.3 Å². The maximum atomic E-state index is 12.8. The highest BCUT2D eigenvalue weighted by molar-refractivity contribution is 8.00. The Hall–Kier alpha value is -3.38. The predicted molar refractivity (Wildman–Crippen MR) is 107 cm³/mol. The molecule has 1 aromatic carbocycles. The van der Waals surface area contributed by atoms with Crippen molar-refractivity contribution in [1.29, 1.82) is 5.26 Å². The van der Waals surface area contributed by atoms with Crippen LogP contribution >= 0.6 is 11.8 Å². The molecule has 2 heterocycles. The number of carbonyl (C=O) groups excluding carboxylic acids is 1. The average molecular weight is 424 g/mol. The van der Waals surface area contributed by atoms with Gasteiger partial charge in [0.05, 0.1) is 23.7 Å². The maximum absolute atomic E-state index is 12.8. The lowest BCUT2D eigenvalue weighted by atomic mass is 10.2. The number of nitrogens with zero attached hydrogens (tertiary/aromatic N) is 4. The van der Waals surface area contributed by atoms with Crippen molar-refractivity contribution in [3.05, 3.63) is 53.3 Å². The van der Waals surface area contributed by atoms with Crippen LogP contribution in [0.4, 0.5) is 0 Å². The number of thioether (sulfide) groups is 1. The summed E-state index contributed by atoms with van der Waals surface area (Å²) in [5.74, 6) is -0.731. The molecule has 0 bridgehead atoms. The molecule has 3 rings (SSSR count). The third kappa shape index (κ3) is 4.78. The SMILES string of the molecule is CCCCc1ccc(C#N)c(SCC(=O)c2c([O-])on[n+]2-c2ccc(OC)cc2)n1. The fourth-order valence-corrected chi connectivity index (χ4v) is 3.61. The first-order chi connectivity index (χ1) is 14.6. The van der Waals surface area contributed by atoms with Gasteiger partial charge in [-0.1, -0.05) is 25.1 Å². The Bertz CT molecular complexity index is 1070. The number of benzene rings is 1. The molecule has 3 aromatic rings. The Morgan fingerprint density at radius 3 is 2.73 bits per heavy atom. The minimum atomic E-state index is -0.818. The van der Waals surface area contributed by atoms with E-state index in [1.165, 1.54) is 4.68 Å². The van der Waals surface area contributed by atoms with Gasteiger partial charge >= 0.3 is 5.69 Å². The highest BCUT2D eigenvalue weighted by atomic mass is 32.2. The van der Waals surface area contributed by atoms with Gasteiger partial charge in [-0.2, -0.15) is 5.26 Å². The molecule has 0 aliphatic carbocycles. The third-order valence-corrected chi connectivity index (χ3v) is 5.35. The molecule has 9 heteroatoms. The third-order valence-electron chi connectivity index (χ3n) is 4.36. The van der Waals surface area contributed by atoms with Crippen LogP contribution < -0.4 is 14.5 Å². The van der Waals surface area contributed by atoms with Gasteiger partial charge in [0.25, 0.3) is 0 Å². The summed E-state index contributed by atoms with van der Waals surface area (Å²) in [5.41, 5.74) is 1.57. The molecule has 0 saturated carbocycles. The molecule has 0 N–H and O–H groups in total. The highest BCUT2D eigenvalue weighted by Crippen LogP contribution is 2.23. The Labute approximate surface area is 178 Å². The quantitative estimate of drug-likeness (QED) is 0.292. The van der Waals surface area contributed by atoms with Crippen molar-refractivity contribution >= 4 is 17.5 Å². The number of pyridine rings is 1. The van der Waals surface area contributed by atoms with E-state index < -0.39 is 11.7 Å². The smallest absolute Gasteiger partial charge is 0.307 e. The molecule has 0 radical (unpaired) electrons. The number of ketones is 1. The summed E-state index contributed by atoms with van der Waals surface area (Å²) in [6.45, 7) is 2.09. The Kier molecular flexibility index (Phi) is 7.03. The number of methoxy groups -OCH3 is 1. The molecule has 0 saturated heterocycles. The number of ether oxygens (including phenoxy) is 1. The van der Waals surface area contributed by atoms with Gasteiger partial charge in [0.15, 0.2) is 5.95 Å². The van der Waals surface area contributed by atoms with Gasteiger partial charge in [-0.05, 0) is 41.8 Å². The predicted octanol–water partition coefficient (Wildman–Crippen LogP) is 2.62. The Morgan fingerprint density at radius 2 is 2.07 bits per heavy atom. The molecule has 0 atom stereocenters.